The first-order valence-corrected chi connectivity index (χ1v) is 9.90. The van der Waals surface area contributed by atoms with Crippen molar-refractivity contribution in [1.82, 2.24) is 0 Å². The maximum atomic E-state index is 12.6. The fraction of sp³-hybridized carbons (Fsp3) is 0.278. The van der Waals surface area contributed by atoms with Crippen molar-refractivity contribution in [2.24, 2.45) is 0 Å². The van der Waals surface area contributed by atoms with E-state index in [0.717, 1.165) is 16.1 Å². The minimum atomic E-state index is -3.69. The second-order valence-corrected chi connectivity index (χ2v) is 8.28. The number of benzene rings is 2. The summed E-state index contributed by atoms with van der Waals surface area (Å²) in [5, 5.41) is 0.304. The van der Waals surface area contributed by atoms with Gasteiger partial charge < -0.3 is 4.90 Å². The molecule has 0 aliphatic rings. The van der Waals surface area contributed by atoms with Gasteiger partial charge >= 0.3 is 0 Å². The summed E-state index contributed by atoms with van der Waals surface area (Å²) in [5.74, 6) is -0.354. The summed E-state index contributed by atoms with van der Waals surface area (Å²) >= 11 is 6.28. The third-order valence-corrected chi connectivity index (χ3v) is 5.24. The van der Waals surface area contributed by atoms with Crippen molar-refractivity contribution in [2.45, 2.75) is 13.8 Å². The summed E-state index contributed by atoms with van der Waals surface area (Å²) in [6.07, 6.45) is 1.07. The lowest BCUT2D eigenvalue weighted by molar-refractivity contribution is -0.116. The van der Waals surface area contributed by atoms with Crippen molar-refractivity contribution in [3.8, 4) is 0 Å². The van der Waals surface area contributed by atoms with E-state index < -0.39 is 10.0 Å². The Labute approximate surface area is 153 Å². The molecule has 25 heavy (non-hydrogen) atoms. The molecule has 0 N–H and O–H groups in total. The molecule has 7 heteroatoms. The molecular formula is C18H21ClN2O3S. The number of aryl methyl sites for hydroxylation is 2. The van der Waals surface area contributed by atoms with Crippen LogP contribution in [0.1, 0.15) is 11.1 Å². The van der Waals surface area contributed by atoms with Crippen LogP contribution in [0.5, 0.6) is 0 Å². The zero-order chi connectivity index (χ0) is 18.8. The molecule has 0 radical (unpaired) electrons. The van der Waals surface area contributed by atoms with Crippen molar-refractivity contribution in [1.29, 1.82) is 0 Å². The third-order valence-electron chi connectivity index (χ3n) is 3.84. The molecule has 0 spiro atoms. The van der Waals surface area contributed by atoms with Crippen molar-refractivity contribution in [3.63, 3.8) is 0 Å². The van der Waals surface area contributed by atoms with Crippen LogP contribution in [-0.2, 0) is 14.8 Å². The Bertz CT molecular complexity index is 859. The first kappa shape index (κ1) is 19.3. The molecule has 2 aromatic carbocycles. The van der Waals surface area contributed by atoms with Gasteiger partial charge in [-0.2, -0.15) is 0 Å². The molecule has 1 amide bonds. The molecule has 0 fully saturated rings. The van der Waals surface area contributed by atoms with Gasteiger partial charge in [0.25, 0.3) is 0 Å². The van der Waals surface area contributed by atoms with Crippen molar-refractivity contribution in [3.05, 3.63) is 58.6 Å². The van der Waals surface area contributed by atoms with Crippen LogP contribution in [0.4, 0.5) is 11.4 Å². The predicted octanol–water partition coefficient (Wildman–Crippen LogP) is 3.39. The molecule has 134 valence electrons. The highest BCUT2D eigenvalue weighted by Crippen LogP contribution is 2.32. The number of likely N-dealkylation sites (N-methyl/N-ethyl adjacent to an activating group) is 1. The number of sulfonamides is 1. The summed E-state index contributed by atoms with van der Waals surface area (Å²) in [6, 6.07) is 12.6. The Morgan fingerprint density at radius 3 is 2.24 bits per heavy atom. The molecular weight excluding hydrogens is 360 g/mol. The molecule has 0 heterocycles. The highest BCUT2D eigenvalue weighted by Gasteiger charge is 2.26. The first-order valence-electron chi connectivity index (χ1n) is 7.67. The molecule has 0 aliphatic carbocycles. The van der Waals surface area contributed by atoms with E-state index in [2.05, 4.69) is 0 Å². The van der Waals surface area contributed by atoms with Gasteiger partial charge in [0.1, 0.15) is 6.54 Å². The smallest absolute Gasteiger partial charge is 0.247 e. The maximum absolute atomic E-state index is 12.6. The Kier molecular flexibility index (Phi) is 5.75. The van der Waals surface area contributed by atoms with Gasteiger partial charge in [-0.05, 0) is 43.2 Å². The molecule has 2 rings (SSSR count). The SMILES string of the molecule is Cc1cc(C)c(N(CC(=O)N(C)c2ccccc2)S(C)(=O)=O)c(Cl)c1. The number of carbonyl (C=O) groups is 1. The van der Waals surface area contributed by atoms with Crippen molar-refractivity contribution in [2.75, 3.05) is 29.1 Å². The van der Waals surface area contributed by atoms with Crippen LogP contribution >= 0.6 is 11.6 Å². The molecule has 0 saturated heterocycles. The van der Waals surface area contributed by atoms with Crippen LogP contribution in [0.3, 0.4) is 0 Å². The van der Waals surface area contributed by atoms with Gasteiger partial charge in [0.2, 0.25) is 15.9 Å². The van der Waals surface area contributed by atoms with E-state index in [4.69, 9.17) is 11.6 Å². The second kappa shape index (κ2) is 7.45. The predicted molar refractivity (Wildman–Crippen MR) is 103 cm³/mol. The number of rotatable bonds is 5. The average molecular weight is 381 g/mol. The number of hydrogen-bond acceptors (Lipinski definition) is 3. The Morgan fingerprint density at radius 1 is 1.12 bits per heavy atom. The fourth-order valence-corrected chi connectivity index (χ4v) is 4.00. The van der Waals surface area contributed by atoms with E-state index in [1.54, 1.807) is 32.2 Å². The minimum absolute atomic E-state index is 0.304. The molecule has 0 bridgehead atoms. The van der Waals surface area contributed by atoms with Crippen molar-refractivity contribution < 1.29 is 13.2 Å². The summed E-state index contributed by atoms with van der Waals surface area (Å²) in [7, 11) is -2.07. The molecule has 0 atom stereocenters. The number of nitrogens with zero attached hydrogens (tertiary/aromatic N) is 2. The molecule has 2 aromatic rings. The van der Waals surface area contributed by atoms with Gasteiger partial charge in [-0.3, -0.25) is 9.10 Å². The van der Waals surface area contributed by atoms with Gasteiger partial charge in [0, 0.05) is 12.7 Å². The molecule has 5 nitrogen and oxygen atoms in total. The van der Waals surface area contributed by atoms with Gasteiger partial charge in [-0.25, -0.2) is 8.42 Å². The third kappa shape index (κ3) is 4.52. The van der Waals surface area contributed by atoms with E-state index in [-0.39, 0.29) is 12.5 Å². The summed E-state index contributed by atoms with van der Waals surface area (Å²) in [5.41, 5.74) is 2.65. The number of amides is 1. The van der Waals surface area contributed by atoms with Gasteiger partial charge in [0.15, 0.2) is 0 Å². The number of carbonyl (C=O) groups excluding carboxylic acids is 1. The summed E-state index contributed by atoms with van der Waals surface area (Å²) < 4.78 is 25.7. The number of hydrogen-bond donors (Lipinski definition) is 0. The van der Waals surface area contributed by atoms with Crippen LogP contribution < -0.4 is 9.21 Å². The second-order valence-electron chi connectivity index (χ2n) is 5.97. The van der Waals surface area contributed by atoms with Gasteiger partial charge in [-0.15, -0.1) is 0 Å². The fourth-order valence-electron chi connectivity index (χ4n) is 2.61. The zero-order valence-corrected chi connectivity index (χ0v) is 16.2. The van der Waals surface area contributed by atoms with E-state index in [0.29, 0.717) is 22.0 Å². The van der Waals surface area contributed by atoms with Crippen molar-refractivity contribution >= 4 is 38.9 Å². The van der Waals surface area contributed by atoms with E-state index in [9.17, 15) is 13.2 Å². The standard InChI is InChI=1S/C18H21ClN2O3S/c1-13-10-14(2)18(16(19)11-13)21(25(4,23)24)12-17(22)20(3)15-8-6-5-7-9-15/h5-11H,12H2,1-4H3. The molecule has 0 saturated carbocycles. The highest BCUT2D eigenvalue weighted by molar-refractivity contribution is 7.92. The van der Waals surface area contributed by atoms with Crippen LogP contribution in [-0.4, -0.2) is 34.2 Å². The Morgan fingerprint density at radius 2 is 1.72 bits per heavy atom. The molecule has 0 aliphatic heterocycles. The lowest BCUT2D eigenvalue weighted by Crippen LogP contribution is -2.41. The normalized spacial score (nSPS) is 11.2. The summed E-state index contributed by atoms with van der Waals surface area (Å²) in [4.78, 5) is 14.1. The number of para-hydroxylation sites is 1. The zero-order valence-electron chi connectivity index (χ0n) is 14.7. The van der Waals surface area contributed by atoms with E-state index >= 15 is 0 Å². The average Bonchev–Trinajstić information content (AvgIpc) is 2.52. The Balaban J connectivity index is 2.39. The summed E-state index contributed by atoms with van der Waals surface area (Å²) in [6.45, 7) is 3.33. The Hall–Kier alpha value is -2.05. The maximum Gasteiger partial charge on any atom is 0.247 e. The van der Waals surface area contributed by atoms with Crippen LogP contribution in [0.15, 0.2) is 42.5 Å². The van der Waals surface area contributed by atoms with Crippen LogP contribution in [0.25, 0.3) is 0 Å². The van der Waals surface area contributed by atoms with Crippen LogP contribution in [0, 0.1) is 13.8 Å². The number of anilines is 2. The van der Waals surface area contributed by atoms with Gasteiger partial charge in [0.05, 0.1) is 17.0 Å². The van der Waals surface area contributed by atoms with Crippen LogP contribution in [0.2, 0.25) is 5.02 Å². The lowest BCUT2D eigenvalue weighted by Gasteiger charge is -2.27. The highest BCUT2D eigenvalue weighted by atomic mass is 35.5. The first-order chi connectivity index (χ1) is 11.6. The topological polar surface area (TPSA) is 57.7 Å². The minimum Gasteiger partial charge on any atom is -0.314 e. The molecule has 0 unspecified atom stereocenters. The van der Waals surface area contributed by atoms with Gasteiger partial charge in [-0.1, -0.05) is 35.9 Å². The molecule has 0 aromatic heterocycles. The largest absolute Gasteiger partial charge is 0.314 e. The lowest BCUT2D eigenvalue weighted by atomic mass is 10.1. The quantitative estimate of drug-likeness (QED) is 0.798. The van der Waals surface area contributed by atoms with E-state index in [1.807, 2.05) is 31.2 Å². The number of halogens is 1. The van der Waals surface area contributed by atoms with E-state index in [1.165, 1.54) is 4.90 Å². The monoisotopic (exact) mass is 380 g/mol.